The number of hydrogen-bond donors (Lipinski definition) is 3. The first kappa shape index (κ1) is 9.36. The first-order valence-corrected chi connectivity index (χ1v) is 4.76. The van der Waals surface area contributed by atoms with Gasteiger partial charge in [-0.25, -0.2) is 0 Å². The van der Waals surface area contributed by atoms with Crippen LogP contribution in [0.25, 0.3) is 0 Å². The fourth-order valence-corrected chi connectivity index (χ4v) is 1.47. The fraction of sp³-hybridized carbons (Fsp3) is 1.00. The highest BCUT2D eigenvalue weighted by Gasteiger charge is 2.29. The third kappa shape index (κ3) is 2.36. The van der Waals surface area contributed by atoms with Crippen molar-refractivity contribution in [3.8, 4) is 0 Å². The van der Waals surface area contributed by atoms with E-state index in [1.54, 1.807) is 0 Å². The lowest BCUT2D eigenvalue weighted by molar-refractivity contribution is 0.317. The maximum atomic E-state index is 4.49. The minimum absolute atomic E-state index is 0.305. The summed E-state index contributed by atoms with van der Waals surface area (Å²) in [5.74, 6) is 0. The van der Waals surface area contributed by atoms with Gasteiger partial charge in [0.25, 0.3) is 0 Å². The van der Waals surface area contributed by atoms with Gasteiger partial charge in [-0.3, -0.25) is 0 Å². The number of rotatable bonds is 1. The van der Waals surface area contributed by atoms with E-state index in [9.17, 15) is 0 Å². The summed E-state index contributed by atoms with van der Waals surface area (Å²) in [5.41, 5.74) is 0.305. The van der Waals surface area contributed by atoms with E-state index in [2.05, 4.69) is 37.1 Å². The zero-order valence-electron chi connectivity index (χ0n) is 7.35. The molecule has 0 aromatic carbocycles. The lowest BCUT2D eigenvalue weighted by Gasteiger charge is -2.31. The Labute approximate surface area is 74.5 Å². The van der Waals surface area contributed by atoms with Crippen molar-refractivity contribution in [1.82, 2.24) is 10.6 Å². The number of hydrogen-bond acceptors (Lipinski definition) is 3. The summed E-state index contributed by atoms with van der Waals surface area (Å²) in [6.07, 6.45) is 0. The highest BCUT2D eigenvalue weighted by molar-refractivity contribution is 7.81. The van der Waals surface area contributed by atoms with E-state index in [-0.39, 0.29) is 0 Å². The smallest absolute Gasteiger partial charge is 0.00769 e. The molecular formula is C8H18N2S. The molecule has 66 valence electrons. The summed E-state index contributed by atoms with van der Waals surface area (Å²) < 4.78 is 0. The standard InChI is InChI=1S/C8H18N2S/c1-7(11)8(2)5-9-3-4-10-6-8/h7,9-11H,3-6H2,1-2H3. The second-order valence-corrected chi connectivity index (χ2v) is 4.46. The molecule has 1 saturated heterocycles. The Morgan fingerprint density at radius 1 is 1.27 bits per heavy atom. The molecule has 2 nitrogen and oxygen atoms in total. The average Bonchev–Trinajstić information content (AvgIpc) is 2.15. The largest absolute Gasteiger partial charge is 0.315 e. The third-order valence-electron chi connectivity index (χ3n) is 2.54. The summed E-state index contributed by atoms with van der Waals surface area (Å²) >= 11 is 4.49. The Hall–Kier alpha value is 0.270. The summed E-state index contributed by atoms with van der Waals surface area (Å²) in [4.78, 5) is 0. The molecular weight excluding hydrogens is 156 g/mol. The second kappa shape index (κ2) is 3.78. The average molecular weight is 174 g/mol. The molecule has 2 N–H and O–H groups in total. The third-order valence-corrected chi connectivity index (χ3v) is 3.17. The lowest BCUT2D eigenvalue weighted by Crippen LogP contribution is -2.41. The van der Waals surface area contributed by atoms with Crippen LogP contribution in [0, 0.1) is 5.41 Å². The van der Waals surface area contributed by atoms with Crippen LogP contribution >= 0.6 is 12.6 Å². The molecule has 11 heavy (non-hydrogen) atoms. The molecule has 1 atom stereocenters. The van der Waals surface area contributed by atoms with Crippen LogP contribution in [0.15, 0.2) is 0 Å². The monoisotopic (exact) mass is 174 g/mol. The molecule has 3 heteroatoms. The van der Waals surface area contributed by atoms with E-state index in [0.29, 0.717) is 10.7 Å². The van der Waals surface area contributed by atoms with Crippen molar-refractivity contribution in [1.29, 1.82) is 0 Å². The summed E-state index contributed by atoms with van der Waals surface area (Å²) in [6, 6.07) is 0. The van der Waals surface area contributed by atoms with Crippen molar-refractivity contribution in [2.75, 3.05) is 26.2 Å². The van der Waals surface area contributed by atoms with Crippen LogP contribution < -0.4 is 10.6 Å². The van der Waals surface area contributed by atoms with E-state index >= 15 is 0 Å². The van der Waals surface area contributed by atoms with Gasteiger partial charge in [0.2, 0.25) is 0 Å². The number of nitrogens with one attached hydrogen (secondary N) is 2. The van der Waals surface area contributed by atoms with Gasteiger partial charge in [0, 0.05) is 36.8 Å². The molecule has 0 aromatic rings. The summed E-state index contributed by atoms with van der Waals surface area (Å²) in [5, 5.41) is 7.26. The van der Waals surface area contributed by atoms with Crippen LogP contribution in [-0.4, -0.2) is 31.4 Å². The van der Waals surface area contributed by atoms with Crippen LogP contribution in [0.4, 0.5) is 0 Å². The van der Waals surface area contributed by atoms with Crippen LogP contribution in [0.3, 0.4) is 0 Å². The van der Waals surface area contributed by atoms with E-state index in [4.69, 9.17) is 0 Å². The maximum absolute atomic E-state index is 4.49. The molecule has 1 aliphatic rings. The Morgan fingerprint density at radius 3 is 2.09 bits per heavy atom. The predicted octanol–water partition coefficient (Wildman–Crippen LogP) is 0.504. The molecule has 1 rings (SSSR count). The molecule has 1 fully saturated rings. The molecule has 1 aliphatic heterocycles. The minimum atomic E-state index is 0.305. The van der Waals surface area contributed by atoms with Crippen molar-refractivity contribution in [2.45, 2.75) is 19.1 Å². The van der Waals surface area contributed by atoms with Gasteiger partial charge in [-0.05, 0) is 0 Å². The van der Waals surface area contributed by atoms with Crippen molar-refractivity contribution in [3.63, 3.8) is 0 Å². The Bertz CT molecular complexity index is 117. The van der Waals surface area contributed by atoms with Crippen LogP contribution in [0.2, 0.25) is 0 Å². The lowest BCUT2D eigenvalue weighted by atomic mass is 9.87. The normalized spacial score (nSPS) is 27.5. The van der Waals surface area contributed by atoms with Crippen molar-refractivity contribution >= 4 is 12.6 Å². The van der Waals surface area contributed by atoms with Gasteiger partial charge in [-0.2, -0.15) is 12.6 Å². The van der Waals surface area contributed by atoms with Crippen LogP contribution in [0.5, 0.6) is 0 Å². The molecule has 0 aliphatic carbocycles. The van der Waals surface area contributed by atoms with Crippen molar-refractivity contribution in [3.05, 3.63) is 0 Å². The van der Waals surface area contributed by atoms with E-state index in [0.717, 1.165) is 26.2 Å². The summed E-state index contributed by atoms with van der Waals surface area (Å²) in [6.45, 7) is 8.75. The van der Waals surface area contributed by atoms with Crippen LogP contribution in [-0.2, 0) is 0 Å². The van der Waals surface area contributed by atoms with Crippen molar-refractivity contribution in [2.24, 2.45) is 5.41 Å². The molecule has 0 saturated carbocycles. The van der Waals surface area contributed by atoms with Gasteiger partial charge in [0.05, 0.1) is 0 Å². The Kier molecular flexibility index (Phi) is 3.22. The molecule has 0 amide bonds. The molecule has 1 heterocycles. The van der Waals surface area contributed by atoms with E-state index in [1.165, 1.54) is 0 Å². The zero-order chi connectivity index (χ0) is 8.32. The van der Waals surface area contributed by atoms with E-state index < -0.39 is 0 Å². The highest BCUT2D eigenvalue weighted by atomic mass is 32.1. The van der Waals surface area contributed by atoms with Gasteiger partial charge in [0.1, 0.15) is 0 Å². The van der Waals surface area contributed by atoms with Crippen molar-refractivity contribution < 1.29 is 0 Å². The van der Waals surface area contributed by atoms with Gasteiger partial charge in [-0.1, -0.05) is 13.8 Å². The number of thiol groups is 1. The van der Waals surface area contributed by atoms with Gasteiger partial charge in [-0.15, -0.1) is 0 Å². The minimum Gasteiger partial charge on any atom is -0.315 e. The first-order valence-electron chi connectivity index (χ1n) is 4.25. The zero-order valence-corrected chi connectivity index (χ0v) is 8.25. The molecule has 0 aromatic heterocycles. The maximum Gasteiger partial charge on any atom is 0.00769 e. The van der Waals surface area contributed by atoms with E-state index in [1.807, 2.05) is 0 Å². The van der Waals surface area contributed by atoms with Gasteiger partial charge >= 0.3 is 0 Å². The Balaban J connectivity index is 2.52. The first-order chi connectivity index (χ1) is 5.15. The summed E-state index contributed by atoms with van der Waals surface area (Å²) in [7, 11) is 0. The predicted molar refractivity (Wildman–Crippen MR) is 52.3 cm³/mol. The van der Waals surface area contributed by atoms with Crippen LogP contribution in [0.1, 0.15) is 13.8 Å². The Morgan fingerprint density at radius 2 is 1.73 bits per heavy atom. The molecule has 1 unspecified atom stereocenters. The fourth-order valence-electron chi connectivity index (χ4n) is 1.28. The SMILES string of the molecule is CC(S)C1(C)CNCCNC1. The second-order valence-electron chi connectivity index (χ2n) is 3.68. The topological polar surface area (TPSA) is 24.1 Å². The molecule has 0 radical (unpaired) electrons. The molecule has 0 bridgehead atoms. The quantitative estimate of drug-likeness (QED) is 0.504. The van der Waals surface area contributed by atoms with Gasteiger partial charge < -0.3 is 10.6 Å². The molecule has 0 spiro atoms. The van der Waals surface area contributed by atoms with Gasteiger partial charge in [0.15, 0.2) is 0 Å². The highest BCUT2D eigenvalue weighted by Crippen LogP contribution is 2.24.